The van der Waals surface area contributed by atoms with Crippen molar-refractivity contribution in [2.75, 3.05) is 19.7 Å². The summed E-state index contributed by atoms with van der Waals surface area (Å²) in [6.07, 6.45) is 6.41. The van der Waals surface area contributed by atoms with Crippen molar-refractivity contribution in [2.45, 2.75) is 57.2 Å². The van der Waals surface area contributed by atoms with Crippen molar-refractivity contribution in [1.82, 2.24) is 4.90 Å². The number of nitrogens with zero attached hydrogens (tertiary/aromatic N) is 1. The van der Waals surface area contributed by atoms with E-state index in [4.69, 9.17) is 10.5 Å². The van der Waals surface area contributed by atoms with Crippen molar-refractivity contribution in [3.05, 3.63) is 35.4 Å². The number of likely N-dealkylation sites (tertiary alicyclic amines) is 1. The highest BCUT2D eigenvalue weighted by molar-refractivity contribution is 5.32. The van der Waals surface area contributed by atoms with Gasteiger partial charge in [0.1, 0.15) is 0 Å². The van der Waals surface area contributed by atoms with E-state index < -0.39 is 0 Å². The molecule has 1 saturated heterocycles. The van der Waals surface area contributed by atoms with Gasteiger partial charge in [0.05, 0.1) is 6.10 Å². The van der Waals surface area contributed by atoms with E-state index in [1.165, 1.54) is 30.4 Å². The van der Waals surface area contributed by atoms with Crippen molar-refractivity contribution >= 4 is 0 Å². The molecule has 1 aliphatic carbocycles. The zero-order chi connectivity index (χ0) is 14.7. The third-order valence-corrected chi connectivity index (χ3v) is 5.12. The molecular formula is C18H28N2O. The molecule has 0 aromatic heterocycles. The fourth-order valence-electron chi connectivity index (χ4n) is 4.00. The molecule has 1 aliphatic heterocycles. The van der Waals surface area contributed by atoms with Gasteiger partial charge in [0.2, 0.25) is 0 Å². The average Bonchev–Trinajstić information content (AvgIpc) is 2.68. The fourth-order valence-corrected chi connectivity index (χ4v) is 4.00. The van der Waals surface area contributed by atoms with Gasteiger partial charge in [-0.25, -0.2) is 0 Å². The second-order valence-electron chi connectivity index (χ2n) is 6.37. The minimum absolute atomic E-state index is 0.160. The molecule has 116 valence electrons. The van der Waals surface area contributed by atoms with Crippen LogP contribution < -0.4 is 5.73 Å². The van der Waals surface area contributed by atoms with Crippen LogP contribution in [-0.4, -0.2) is 36.7 Å². The Hall–Kier alpha value is -0.900. The summed E-state index contributed by atoms with van der Waals surface area (Å²) in [7, 11) is 0. The molecule has 3 rings (SSSR count). The summed E-state index contributed by atoms with van der Waals surface area (Å²) in [4.78, 5) is 2.61. The number of rotatable bonds is 3. The first kappa shape index (κ1) is 15.0. The maximum Gasteiger partial charge on any atom is 0.0599 e. The summed E-state index contributed by atoms with van der Waals surface area (Å²) in [5, 5.41) is 0. The van der Waals surface area contributed by atoms with Crippen LogP contribution in [0.1, 0.15) is 49.8 Å². The zero-order valence-corrected chi connectivity index (χ0v) is 13.1. The van der Waals surface area contributed by atoms with Gasteiger partial charge in [0.15, 0.2) is 0 Å². The summed E-state index contributed by atoms with van der Waals surface area (Å²) in [5.74, 6) is 0. The van der Waals surface area contributed by atoms with E-state index in [1.807, 2.05) is 0 Å². The van der Waals surface area contributed by atoms with Crippen LogP contribution in [0.3, 0.4) is 0 Å². The van der Waals surface area contributed by atoms with Gasteiger partial charge in [0, 0.05) is 31.8 Å². The first-order valence-electron chi connectivity index (χ1n) is 8.48. The molecule has 2 atom stereocenters. The Morgan fingerprint density at radius 2 is 1.95 bits per heavy atom. The molecule has 21 heavy (non-hydrogen) atoms. The predicted molar refractivity (Wildman–Crippen MR) is 86.3 cm³/mol. The number of hydrogen-bond acceptors (Lipinski definition) is 3. The van der Waals surface area contributed by atoms with Gasteiger partial charge in [0.25, 0.3) is 0 Å². The Labute approximate surface area is 128 Å². The van der Waals surface area contributed by atoms with E-state index in [-0.39, 0.29) is 6.04 Å². The second kappa shape index (κ2) is 6.91. The SMILES string of the molecule is CCOC1CCN(C2CCCc3ccccc3C2N)CC1. The zero-order valence-electron chi connectivity index (χ0n) is 13.1. The number of benzene rings is 1. The third kappa shape index (κ3) is 3.31. The Kier molecular flexibility index (Phi) is 4.94. The van der Waals surface area contributed by atoms with E-state index in [0.717, 1.165) is 32.5 Å². The normalized spacial score (nSPS) is 28.1. The molecule has 1 aromatic carbocycles. The highest BCUT2D eigenvalue weighted by Crippen LogP contribution is 2.31. The lowest BCUT2D eigenvalue weighted by Crippen LogP contribution is -2.47. The Bertz CT molecular complexity index is 454. The smallest absolute Gasteiger partial charge is 0.0599 e. The molecular weight excluding hydrogens is 260 g/mol. The van der Waals surface area contributed by atoms with E-state index in [0.29, 0.717) is 12.1 Å². The average molecular weight is 288 g/mol. The molecule has 3 heteroatoms. The lowest BCUT2D eigenvalue weighted by molar-refractivity contribution is -0.000159. The Morgan fingerprint density at radius 3 is 2.71 bits per heavy atom. The Morgan fingerprint density at radius 1 is 1.19 bits per heavy atom. The monoisotopic (exact) mass is 288 g/mol. The minimum Gasteiger partial charge on any atom is -0.378 e. The van der Waals surface area contributed by atoms with Gasteiger partial charge in [-0.15, -0.1) is 0 Å². The highest BCUT2D eigenvalue weighted by Gasteiger charge is 2.31. The molecule has 1 aromatic rings. The molecule has 0 radical (unpaired) electrons. The molecule has 3 nitrogen and oxygen atoms in total. The van der Waals surface area contributed by atoms with Crippen LogP contribution in [0.2, 0.25) is 0 Å². The first-order valence-corrected chi connectivity index (χ1v) is 8.48. The predicted octanol–water partition coefficient (Wildman–Crippen LogP) is 2.89. The minimum atomic E-state index is 0.160. The number of aryl methyl sites for hydroxylation is 1. The van der Waals surface area contributed by atoms with E-state index in [9.17, 15) is 0 Å². The summed E-state index contributed by atoms with van der Waals surface area (Å²) < 4.78 is 5.77. The number of piperidine rings is 1. The van der Waals surface area contributed by atoms with Crippen molar-refractivity contribution in [3.8, 4) is 0 Å². The molecule has 0 spiro atoms. The molecule has 2 unspecified atom stereocenters. The number of ether oxygens (including phenoxy) is 1. The van der Waals surface area contributed by atoms with Crippen molar-refractivity contribution in [1.29, 1.82) is 0 Å². The maximum atomic E-state index is 6.64. The third-order valence-electron chi connectivity index (χ3n) is 5.12. The molecule has 0 saturated carbocycles. The van der Waals surface area contributed by atoms with E-state index in [2.05, 4.69) is 36.1 Å². The van der Waals surface area contributed by atoms with E-state index >= 15 is 0 Å². The molecule has 0 amide bonds. The molecule has 1 fully saturated rings. The maximum absolute atomic E-state index is 6.64. The lowest BCUT2D eigenvalue weighted by Gasteiger charge is -2.39. The quantitative estimate of drug-likeness (QED) is 0.869. The van der Waals surface area contributed by atoms with Crippen LogP contribution in [0, 0.1) is 0 Å². The largest absolute Gasteiger partial charge is 0.378 e. The number of fused-ring (bicyclic) bond motifs is 1. The Balaban J connectivity index is 1.69. The van der Waals surface area contributed by atoms with Crippen LogP contribution >= 0.6 is 0 Å². The summed E-state index contributed by atoms with van der Waals surface area (Å²) in [6, 6.07) is 9.40. The second-order valence-corrected chi connectivity index (χ2v) is 6.37. The standard InChI is InChI=1S/C18H28N2O/c1-2-21-15-10-12-20(13-11-15)17-9-5-7-14-6-3-4-8-16(14)18(17)19/h3-4,6,8,15,17-18H,2,5,7,9-13,19H2,1H3. The van der Waals surface area contributed by atoms with Gasteiger partial charge in [-0.05, 0) is 50.2 Å². The lowest BCUT2D eigenvalue weighted by atomic mass is 9.94. The first-order chi connectivity index (χ1) is 10.3. The number of nitrogens with two attached hydrogens (primary N) is 1. The molecule has 2 aliphatic rings. The van der Waals surface area contributed by atoms with Gasteiger partial charge >= 0.3 is 0 Å². The summed E-state index contributed by atoms with van der Waals surface area (Å²) >= 11 is 0. The topological polar surface area (TPSA) is 38.5 Å². The van der Waals surface area contributed by atoms with Gasteiger partial charge in [-0.2, -0.15) is 0 Å². The molecule has 1 heterocycles. The van der Waals surface area contributed by atoms with Crippen molar-refractivity contribution < 1.29 is 4.74 Å². The van der Waals surface area contributed by atoms with Crippen LogP contribution in [0.15, 0.2) is 24.3 Å². The van der Waals surface area contributed by atoms with Gasteiger partial charge in [-0.1, -0.05) is 24.3 Å². The van der Waals surface area contributed by atoms with Crippen LogP contribution in [0.25, 0.3) is 0 Å². The van der Waals surface area contributed by atoms with Gasteiger partial charge in [-0.3, -0.25) is 4.90 Å². The molecule has 2 N–H and O–H groups in total. The van der Waals surface area contributed by atoms with Crippen molar-refractivity contribution in [3.63, 3.8) is 0 Å². The van der Waals surface area contributed by atoms with Crippen molar-refractivity contribution in [2.24, 2.45) is 5.73 Å². The fraction of sp³-hybridized carbons (Fsp3) is 0.667. The van der Waals surface area contributed by atoms with Crippen LogP contribution in [0.4, 0.5) is 0 Å². The van der Waals surface area contributed by atoms with E-state index in [1.54, 1.807) is 0 Å². The summed E-state index contributed by atoms with van der Waals surface area (Å²) in [6.45, 7) is 5.18. The highest BCUT2D eigenvalue weighted by atomic mass is 16.5. The molecule has 0 bridgehead atoms. The summed E-state index contributed by atoms with van der Waals surface area (Å²) in [5.41, 5.74) is 9.46. The van der Waals surface area contributed by atoms with Crippen LogP contribution in [0.5, 0.6) is 0 Å². The number of hydrogen-bond donors (Lipinski definition) is 1. The van der Waals surface area contributed by atoms with Gasteiger partial charge < -0.3 is 10.5 Å². The van der Waals surface area contributed by atoms with Crippen LogP contribution in [-0.2, 0) is 11.2 Å².